The maximum atomic E-state index is 11.6. The zero-order valence-electron chi connectivity index (χ0n) is 8.14. The lowest BCUT2D eigenvalue weighted by Gasteiger charge is -2.19. The van der Waals surface area contributed by atoms with E-state index in [2.05, 4.69) is 0 Å². The number of benzene rings is 1. The summed E-state index contributed by atoms with van der Waals surface area (Å²) >= 11 is 0. The van der Waals surface area contributed by atoms with Crippen molar-refractivity contribution in [1.82, 2.24) is 0 Å². The van der Waals surface area contributed by atoms with Crippen LogP contribution in [-0.4, -0.2) is 10.6 Å². The van der Waals surface area contributed by atoms with Crippen molar-refractivity contribution in [2.45, 2.75) is 25.5 Å². The minimum atomic E-state index is -2.17. The third kappa shape index (κ3) is 1.90. The second-order valence-electron chi connectivity index (χ2n) is 3.44. The Kier molecular flexibility index (Phi) is 2.86. The van der Waals surface area contributed by atoms with E-state index >= 15 is 0 Å². The van der Waals surface area contributed by atoms with Gasteiger partial charge >= 0.3 is 5.72 Å². The van der Waals surface area contributed by atoms with Gasteiger partial charge < -0.3 is 0 Å². The second kappa shape index (κ2) is 3.75. The van der Waals surface area contributed by atoms with Crippen molar-refractivity contribution in [3.63, 3.8) is 0 Å². The fourth-order valence-corrected chi connectivity index (χ4v) is 1.21. The van der Waals surface area contributed by atoms with Gasteiger partial charge in [-0.1, -0.05) is 30.3 Å². The van der Waals surface area contributed by atoms with Crippen molar-refractivity contribution >= 4 is 0 Å². The Morgan fingerprint density at radius 1 is 1.36 bits per heavy atom. The zero-order valence-corrected chi connectivity index (χ0v) is 8.14. The lowest BCUT2D eigenvalue weighted by atomic mass is 9.92. The Labute approximate surface area is 82.3 Å². The maximum Gasteiger partial charge on any atom is 0.355 e. The summed E-state index contributed by atoms with van der Waals surface area (Å²) in [6, 6.07) is 8.79. The van der Waals surface area contributed by atoms with Crippen molar-refractivity contribution in [2.75, 3.05) is 0 Å². The second-order valence-corrected chi connectivity index (χ2v) is 3.44. The van der Waals surface area contributed by atoms with E-state index in [1.165, 1.54) is 0 Å². The van der Waals surface area contributed by atoms with Crippen LogP contribution in [0.3, 0.4) is 0 Å². The van der Waals surface area contributed by atoms with E-state index in [1.807, 2.05) is 6.07 Å². The molecule has 2 unspecified atom stereocenters. The monoisotopic (exact) mass is 194 g/mol. The summed E-state index contributed by atoms with van der Waals surface area (Å²) in [6.45, 7) is 2.68. The third-order valence-corrected chi connectivity index (χ3v) is 2.47. The van der Waals surface area contributed by atoms with Crippen LogP contribution in [0.1, 0.15) is 25.3 Å². The Balaban J connectivity index is 2.96. The van der Waals surface area contributed by atoms with Crippen molar-refractivity contribution in [3.8, 4) is 0 Å². The van der Waals surface area contributed by atoms with Crippen LogP contribution in [0.5, 0.6) is 0 Å². The van der Waals surface area contributed by atoms with Gasteiger partial charge in [0.2, 0.25) is 0 Å². The molecule has 1 rings (SSSR count). The van der Waals surface area contributed by atoms with Gasteiger partial charge in [-0.25, -0.2) is 0 Å². The fourth-order valence-electron chi connectivity index (χ4n) is 1.21. The van der Waals surface area contributed by atoms with Crippen LogP contribution in [0.4, 0.5) is 0 Å². The van der Waals surface area contributed by atoms with Crippen molar-refractivity contribution < 1.29 is 10.0 Å². The maximum absolute atomic E-state index is 11.6. The molecule has 0 heterocycles. The van der Waals surface area contributed by atoms with Gasteiger partial charge in [-0.05, 0) is 12.5 Å². The van der Waals surface area contributed by atoms with Gasteiger partial charge in [0.15, 0.2) is 0 Å². The van der Waals surface area contributed by atoms with E-state index in [1.54, 1.807) is 31.2 Å². The lowest BCUT2D eigenvalue weighted by Crippen LogP contribution is -2.38. The van der Waals surface area contributed by atoms with E-state index < -0.39 is 16.6 Å². The first kappa shape index (κ1) is 10.7. The fraction of sp³-hybridized carbons (Fsp3) is 0.400. The summed E-state index contributed by atoms with van der Waals surface area (Å²) in [6.07, 6.45) is 0. The molecule has 4 heteroatoms. The first-order chi connectivity index (χ1) is 6.46. The molecule has 14 heavy (non-hydrogen) atoms. The van der Waals surface area contributed by atoms with Crippen LogP contribution in [0.15, 0.2) is 30.3 Å². The van der Waals surface area contributed by atoms with E-state index in [0.29, 0.717) is 5.56 Å². The van der Waals surface area contributed by atoms with Crippen molar-refractivity contribution in [1.29, 1.82) is 0 Å². The Morgan fingerprint density at radius 2 is 1.86 bits per heavy atom. The van der Waals surface area contributed by atoms with Crippen LogP contribution in [-0.2, 0) is 5.11 Å². The van der Waals surface area contributed by atoms with E-state index in [4.69, 9.17) is 0 Å². The molecule has 0 bridgehead atoms. The summed E-state index contributed by atoms with van der Waals surface area (Å²) in [7, 11) is 0. The minimum Gasteiger partial charge on any atom is -0.261 e. The van der Waals surface area contributed by atoms with Crippen LogP contribution in [0.25, 0.3) is 0 Å². The normalized spacial score (nSPS) is 17.1. The molecule has 0 aliphatic heterocycles. The standard InChI is InChI=1S/C10H12NO3/c1-8(10(2,12)11(13)14)9-6-4-3-5-7-9/h3-8H,1-2H3. The number of hydrogen-bond donors (Lipinski definition) is 0. The smallest absolute Gasteiger partial charge is 0.261 e. The molecule has 4 nitrogen and oxygen atoms in total. The predicted molar refractivity (Wildman–Crippen MR) is 50.9 cm³/mol. The van der Waals surface area contributed by atoms with Crippen LogP contribution >= 0.6 is 0 Å². The first-order valence-corrected chi connectivity index (χ1v) is 4.36. The molecule has 0 amide bonds. The van der Waals surface area contributed by atoms with Crippen LogP contribution < -0.4 is 0 Å². The van der Waals surface area contributed by atoms with Gasteiger partial charge in [0.25, 0.3) is 0 Å². The zero-order chi connectivity index (χ0) is 10.8. The molecular weight excluding hydrogens is 182 g/mol. The van der Waals surface area contributed by atoms with Gasteiger partial charge in [-0.3, -0.25) is 10.1 Å². The number of rotatable bonds is 3. The number of nitrogens with zero attached hydrogens (tertiary/aromatic N) is 1. The minimum absolute atomic E-state index is 0.640. The van der Waals surface area contributed by atoms with Crippen LogP contribution in [0, 0.1) is 10.1 Å². The molecule has 0 aromatic heterocycles. The Bertz CT molecular complexity index is 321. The van der Waals surface area contributed by atoms with Gasteiger partial charge in [0.05, 0.1) is 10.8 Å². The van der Waals surface area contributed by atoms with Crippen molar-refractivity contribution in [2.24, 2.45) is 0 Å². The van der Waals surface area contributed by atoms with E-state index in [9.17, 15) is 15.2 Å². The first-order valence-electron chi connectivity index (χ1n) is 4.36. The highest BCUT2D eigenvalue weighted by molar-refractivity contribution is 5.20. The average molecular weight is 194 g/mol. The van der Waals surface area contributed by atoms with Gasteiger partial charge in [-0.15, -0.1) is 0 Å². The topological polar surface area (TPSA) is 63.0 Å². The van der Waals surface area contributed by atoms with E-state index in [-0.39, 0.29) is 0 Å². The Morgan fingerprint density at radius 3 is 2.29 bits per heavy atom. The molecule has 0 N–H and O–H groups in total. The molecule has 1 aromatic rings. The molecule has 1 aromatic carbocycles. The number of nitro groups is 1. The molecule has 2 atom stereocenters. The summed E-state index contributed by atoms with van der Waals surface area (Å²) in [5.41, 5.74) is -1.47. The van der Waals surface area contributed by atoms with Crippen LogP contribution in [0.2, 0.25) is 0 Å². The highest BCUT2D eigenvalue weighted by Gasteiger charge is 2.43. The molecule has 1 radical (unpaired) electrons. The predicted octanol–water partition coefficient (Wildman–Crippen LogP) is 2.21. The summed E-state index contributed by atoms with van der Waals surface area (Å²) < 4.78 is 0. The van der Waals surface area contributed by atoms with E-state index in [0.717, 1.165) is 6.92 Å². The number of hydrogen-bond acceptors (Lipinski definition) is 2. The third-order valence-electron chi connectivity index (χ3n) is 2.47. The molecular formula is C10H12NO3. The highest BCUT2D eigenvalue weighted by atomic mass is 16.7. The van der Waals surface area contributed by atoms with Gasteiger partial charge in [0, 0.05) is 6.92 Å². The molecule has 0 fully saturated rings. The SMILES string of the molecule is CC(c1ccccc1)C(C)([O])[N+](=O)[O-]. The molecule has 0 spiro atoms. The lowest BCUT2D eigenvalue weighted by molar-refractivity contribution is -0.636. The molecule has 75 valence electrons. The summed E-state index contributed by atoms with van der Waals surface area (Å²) in [5, 5.41) is 22.1. The molecule has 0 saturated carbocycles. The summed E-state index contributed by atoms with van der Waals surface area (Å²) in [5.74, 6) is -0.640. The molecule has 0 aliphatic carbocycles. The van der Waals surface area contributed by atoms with Crippen molar-refractivity contribution in [3.05, 3.63) is 46.0 Å². The van der Waals surface area contributed by atoms with Gasteiger partial charge in [0.1, 0.15) is 0 Å². The van der Waals surface area contributed by atoms with Gasteiger partial charge in [-0.2, -0.15) is 5.11 Å². The molecule has 0 aliphatic rings. The largest absolute Gasteiger partial charge is 0.355 e. The molecule has 0 saturated heterocycles. The highest BCUT2D eigenvalue weighted by Crippen LogP contribution is 2.28. The average Bonchev–Trinajstić information content (AvgIpc) is 2.17. The quantitative estimate of drug-likeness (QED) is 0.420. The Hall–Kier alpha value is -1.42. The summed E-state index contributed by atoms with van der Waals surface area (Å²) in [4.78, 5) is 9.76.